The number of likely N-dealkylation sites (tertiary alicyclic amines) is 1. The third kappa shape index (κ3) is 2.72. The Morgan fingerprint density at radius 3 is 2.86 bits per heavy atom. The van der Waals surface area contributed by atoms with Crippen LogP contribution in [-0.4, -0.2) is 27.1 Å². The van der Waals surface area contributed by atoms with Crippen LogP contribution in [0.2, 0.25) is 5.02 Å². The molecule has 1 aliphatic heterocycles. The van der Waals surface area contributed by atoms with Gasteiger partial charge < -0.3 is 14.7 Å². The average molecular weight is 401 g/mol. The molecule has 6 nitrogen and oxygen atoms in total. The Hall–Kier alpha value is -2.08. The molecule has 2 amide bonds. The quantitative estimate of drug-likeness (QED) is 0.765. The van der Waals surface area contributed by atoms with Crippen molar-refractivity contribution in [3.63, 3.8) is 0 Å². The van der Waals surface area contributed by atoms with Crippen LogP contribution in [0.1, 0.15) is 68.6 Å². The molecule has 0 radical (unpaired) electrons. The summed E-state index contributed by atoms with van der Waals surface area (Å²) in [4.78, 5) is 19.6. The number of nitrogens with one attached hydrogen (secondary N) is 1. The van der Waals surface area contributed by atoms with Crippen molar-refractivity contribution in [2.24, 2.45) is 5.92 Å². The number of aryl methyl sites for hydroxylation is 1. The number of piperidine rings is 1. The molecular weight excluding hydrogens is 376 g/mol. The summed E-state index contributed by atoms with van der Waals surface area (Å²) in [5, 5.41) is 7.85. The number of carbonyl (C=O) groups excluding carboxylic acids is 1. The van der Waals surface area contributed by atoms with Gasteiger partial charge in [0.25, 0.3) is 5.89 Å². The highest BCUT2D eigenvalue weighted by molar-refractivity contribution is 6.31. The molecule has 1 aromatic carbocycles. The van der Waals surface area contributed by atoms with E-state index in [-0.39, 0.29) is 12.1 Å². The summed E-state index contributed by atoms with van der Waals surface area (Å²) < 4.78 is 5.51. The van der Waals surface area contributed by atoms with Gasteiger partial charge in [-0.05, 0) is 68.2 Å². The smallest absolute Gasteiger partial charge is 0.323 e. The summed E-state index contributed by atoms with van der Waals surface area (Å²) >= 11 is 6.39. The number of benzene rings is 1. The highest BCUT2D eigenvalue weighted by Crippen LogP contribution is 2.55. The predicted molar refractivity (Wildman–Crippen MR) is 106 cm³/mol. The molecule has 2 aromatic rings. The Labute approximate surface area is 169 Å². The van der Waals surface area contributed by atoms with E-state index in [2.05, 4.69) is 22.4 Å². The predicted octanol–water partition coefficient (Wildman–Crippen LogP) is 5.23. The first-order valence-electron chi connectivity index (χ1n) is 10.2. The number of anilines is 1. The van der Waals surface area contributed by atoms with Crippen molar-refractivity contribution in [3.05, 3.63) is 40.5 Å². The van der Waals surface area contributed by atoms with Crippen LogP contribution in [0.25, 0.3) is 0 Å². The zero-order valence-corrected chi connectivity index (χ0v) is 17.0. The number of halogens is 1. The number of hydrogen-bond donors (Lipinski definition) is 1. The van der Waals surface area contributed by atoms with Crippen molar-refractivity contribution < 1.29 is 9.32 Å². The maximum Gasteiger partial charge on any atom is 0.323 e. The second-order valence-electron chi connectivity index (χ2n) is 8.75. The van der Waals surface area contributed by atoms with E-state index in [4.69, 9.17) is 16.1 Å². The molecule has 2 saturated carbocycles. The molecule has 3 aliphatic rings. The normalized spacial score (nSPS) is 29.2. The molecule has 3 atom stereocenters. The Morgan fingerprint density at radius 2 is 2.18 bits per heavy atom. The van der Waals surface area contributed by atoms with E-state index < -0.39 is 5.54 Å². The molecule has 1 N–H and O–H groups in total. The van der Waals surface area contributed by atoms with E-state index in [1.165, 1.54) is 19.3 Å². The van der Waals surface area contributed by atoms with Crippen molar-refractivity contribution in [1.29, 1.82) is 0 Å². The number of rotatable bonds is 3. The van der Waals surface area contributed by atoms with Crippen LogP contribution in [0.3, 0.4) is 0 Å². The van der Waals surface area contributed by atoms with Gasteiger partial charge in [-0.2, -0.15) is 4.98 Å². The third-order valence-corrected chi connectivity index (χ3v) is 7.04. The van der Waals surface area contributed by atoms with Crippen LogP contribution in [0.4, 0.5) is 10.5 Å². The van der Waals surface area contributed by atoms with Gasteiger partial charge in [-0.15, -0.1) is 0 Å². The van der Waals surface area contributed by atoms with E-state index in [9.17, 15) is 4.79 Å². The van der Waals surface area contributed by atoms with Crippen LogP contribution in [0, 0.1) is 12.8 Å². The summed E-state index contributed by atoms with van der Waals surface area (Å²) in [5.74, 6) is 2.21. The first-order chi connectivity index (χ1) is 13.5. The van der Waals surface area contributed by atoms with Crippen molar-refractivity contribution >= 4 is 23.3 Å². The number of carbonyl (C=O) groups is 1. The molecule has 1 saturated heterocycles. The molecule has 2 heterocycles. The third-order valence-electron chi connectivity index (χ3n) is 6.70. The van der Waals surface area contributed by atoms with E-state index in [1.54, 1.807) is 0 Å². The van der Waals surface area contributed by atoms with Gasteiger partial charge in [-0.25, -0.2) is 4.79 Å². The Morgan fingerprint density at radius 1 is 1.36 bits per heavy atom. The molecule has 28 heavy (non-hydrogen) atoms. The molecule has 7 heteroatoms. The zero-order chi connectivity index (χ0) is 19.5. The minimum absolute atomic E-state index is 0.0964. The Balaban J connectivity index is 1.40. The Kier molecular flexibility index (Phi) is 4.16. The summed E-state index contributed by atoms with van der Waals surface area (Å²) in [6, 6.07) is 5.92. The minimum atomic E-state index is -0.475. The molecule has 0 spiro atoms. The fourth-order valence-corrected chi connectivity index (χ4v) is 5.54. The first-order valence-corrected chi connectivity index (χ1v) is 10.5. The zero-order valence-electron chi connectivity index (χ0n) is 16.2. The number of urea groups is 1. The number of amides is 2. The van der Waals surface area contributed by atoms with Crippen LogP contribution < -0.4 is 5.32 Å². The molecule has 0 unspecified atom stereocenters. The number of aromatic nitrogens is 2. The fourth-order valence-electron chi connectivity index (χ4n) is 5.27. The van der Waals surface area contributed by atoms with Gasteiger partial charge in [0, 0.05) is 23.2 Å². The van der Waals surface area contributed by atoms with Gasteiger partial charge in [-0.1, -0.05) is 30.1 Å². The molecule has 5 rings (SSSR count). The summed E-state index contributed by atoms with van der Waals surface area (Å²) in [6.07, 6.45) is 6.34. The Bertz CT molecular complexity index is 925. The van der Waals surface area contributed by atoms with Crippen molar-refractivity contribution in [2.75, 3.05) is 5.32 Å². The monoisotopic (exact) mass is 400 g/mol. The van der Waals surface area contributed by atoms with Crippen molar-refractivity contribution in [3.8, 4) is 0 Å². The van der Waals surface area contributed by atoms with Gasteiger partial charge in [0.1, 0.15) is 5.54 Å². The van der Waals surface area contributed by atoms with Crippen LogP contribution in [0.5, 0.6) is 0 Å². The fraction of sp³-hybridized carbons (Fsp3) is 0.571. The van der Waals surface area contributed by atoms with Gasteiger partial charge >= 0.3 is 6.03 Å². The lowest BCUT2D eigenvalue weighted by atomic mass is 9.64. The van der Waals surface area contributed by atoms with Gasteiger partial charge in [0.15, 0.2) is 5.82 Å². The topological polar surface area (TPSA) is 71.3 Å². The first kappa shape index (κ1) is 18.0. The lowest BCUT2D eigenvalue weighted by Gasteiger charge is -2.61. The largest absolute Gasteiger partial charge is 0.337 e. The standard InChI is InChI=1S/C21H25ClN4O2/c1-12-8-16-11-21(10-12,19-23-13(2)25-28-19)26(16)20(27)24-15-6-7-18(22)17(9-15)14-4-3-5-14/h6-7,9,12,14,16H,3-5,8,10-11H2,1-2H3,(H,24,27)/t12-,16-,21+/m0/s1. The van der Waals surface area contributed by atoms with E-state index >= 15 is 0 Å². The number of nitrogens with zero attached hydrogens (tertiary/aromatic N) is 3. The maximum absolute atomic E-state index is 13.2. The van der Waals surface area contributed by atoms with Gasteiger partial charge in [0.05, 0.1) is 0 Å². The van der Waals surface area contributed by atoms with Gasteiger partial charge in [-0.3, -0.25) is 0 Å². The molecule has 148 valence electrons. The van der Waals surface area contributed by atoms with Crippen molar-refractivity contribution in [2.45, 2.75) is 69.9 Å². The lowest BCUT2D eigenvalue weighted by molar-refractivity contribution is -0.111. The molecule has 1 aromatic heterocycles. The van der Waals surface area contributed by atoms with Crippen LogP contribution in [0.15, 0.2) is 22.7 Å². The highest BCUT2D eigenvalue weighted by atomic mass is 35.5. The maximum atomic E-state index is 13.2. The lowest BCUT2D eigenvalue weighted by Crippen LogP contribution is -2.70. The van der Waals surface area contributed by atoms with Crippen LogP contribution >= 0.6 is 11.6 Å². The molecular formula is C21H25ClN4O2. The number of fused-ring (bicyclic) bond motifs is 2. The summed E-state index contributed by atoms with van der Waals surface area (Å²) in [6.45, 7) is 4.04. The number of hydrogen-bond acceptors (Lipinski definition) is 4. The highest BCUT2D eigenvalue weighted by Gasteiger charge is 2.62. The summed E-state index contributed by atoms with van der Waals surface area (Å²) in [5.41, 5.74) is 1.47. The van der Waals surface area contributed by atoms with E-state index in [0.717, 1.165) is 35.5 Å². The summed E-state index contributed by atoms with van der Waals surface area (Å²) in [7, 11) is 0. The molecule has 2 aliphatic carbocycles. The SMILES string of the molecule is Cc1noc([C@@]23C[C@@H](C)C[C@@H](C2)N3C(=O)Nc2ccc(Cl)c(C3CCC3)c2)n1. The van der Waals surface area contributed by atoms with Gasteiger partial charge in [0.2, 0.25) is 0 Å². The van der Waals surface area contributed by atoms with Crippen molar-refractivity contribution in [1.82, 2.24) is 15.0 Å². The van der Waals surface area contributed by atoms with Crippen LogP contribution in [-0.2, 0) is 5.54 Å². The minimum Gasteiger partial charge on any atom is -0.337 e. The average Bonchev–Trinajstić information content (AvgIpc) is 3.02. The van der Waals surface area contributed by atoms with E-state index in [1.807, 2.05) is 30.0 Å². The van der Waals surface area contributed by atoms with E-state index in [0.29, 0.717) is 23.6 Å². The second kappa shape index (κ2) is 6.48. The molecule has 3 fully saturated rings. The molecule has 2 bridgehead atoms. The second-order valence-corrected chi connectivity index (χ2v) is 9.15.